The molecule has 1 fully saturated rings. The minimum Gasteiger partial charge on any atom is -0.376 e. The van der Waals surface area contributed by atoms with Gasteiger partial charge in [0.05, 0.1) is 18.6 Å². The maximum absolute atomic E-state index is 15.1. The minimum atomic E-state index is -1.09. The summed E-state index contributed by atoms with van der Waals surface area (Å²) in [4.78, 5) is 0. The van der Waals surface area contributed by atoms with E-state index in [2.05, 4.69) is 32.0 Å². The third kappa shape index (κ3) is 1.69. The van der Waals surface area contributed by atoms with Crippen LogP contribution in [0.3, 0.4) is 0 Å². The van der Waals surface area contributed by atoms with Crippen molar-refractivity contribution in [2.75, 3.05) is 6.61 Å². The number of halogens is 1. The molecular formula is C17H23FO. The predicted octanol–water partition coefficient (Wildman–Crippen LogP) is 4.35. The van der Waals surface area contributed by atoms with Crippen molar-refractivity contribution in [3.05, 3.63) is 34.9 Å². The molecule has 1 nitrogen and oxygen atoms in total. The summed E-state index contributed by atoms with van der Waals surface area (Å²) in [6, 6.07) is 6.51. The monoisotopic (exact) mass is 262 g/mol. The quantitative estimate of drug-likeness (QED) is 0.770. The number of alkyl halides is 1. The molecule has 0 amide bonds. The van der Waals surface area contributed by atoms with Crippen LogP contribution in [0.5, 0.6) is 0 Å². The fraction of sp³-hybridized carbons (Fsp3) is 0.647. The summed E-state index contributed by atoms with van der Waals surface area (Å²) in [5.41, 5.74) is 2.23. The Labute approximate surface area is 115 Å². The Morgan fingerprint density at radius 2 is 1.95 bits per heavy atom. The number of rotatable bonds is 2. The molecule has 104 valence electrons. The van der Waals surface area contributed by atoms with E-state index in [-0.39, 0.29) is 11.3 Å². The van der Waals surface area contributed by atoms with Crippen molar-refractivity contribution in [2.45, 2.75) is 57.7 Å². The normalized spacial score (nSPS) is 33.0. The van der Waals surface area contributed by atoms with E-state index in [0.717, 1.165) is 0 Å². The van der Waals surface area contributed by atoms with E-state index in [1.807, 2.05) is 13.8 Å². The molecule has 0 radical (unpaired) electrons. The summed E-state index contributed by atoms with van der Waals surface area (Å²) in [6.45, 7) is 9.50. The standard InChI is InChI=1S/C17H23FO/c1-11(2)13-5-6-14-8-19-10-16(15(14)7-13)9-17(16,18)12(3)4/h5-7,11-12H,8-10H2,1-4H3. The van der Waals surface area contributed by atoms with Crippen LogP contribution in [0.15, 0.2) is 18.2 Å². The zero-order valence-electron chi connectivity index (χ0n) is 12.3. The van der Waals surface area contributed by atoms with Gasteiger partial charge in [-0.1, -0.05) is 45.9 Å². The smallest absolute Gasteiger partial charge is 0.126 e. The second-order valence-corrected chi connectivity index (χ2v) is 6.84. The molecule has 1 aliphatic heterocycles. The second-order valence-electron chi connectivity index (χ2n) is 6.84. The van der Waals surface area contributed by atoms with Gasteiger partial charge in [0.2, 0.25) is 0 Å². The van der Waals surface area contributed by atoms with E-state index in [1.54, 1.807) is 0 Å². The van der Waals surface area contributed by atoms with Gasteiger partial charge < -0.3 is 4.74 Å². The Morgan fingerprint density at radius 3 is 2.53 bits per heavy atom. The Hall–Kier alpha value is -0.890. The Morgan fingerprint density at radius 1 is 1.21 bits per heavy atom. The highest BCUT2D eigenvalue weighted by Crippen LogP contribution is 2.66. The van der Waals surface area contributed by atoms with Crippen molar-refractivity contribution < 1.29 is 9.13 Å². The van der Waals surface area contributed by atoms with Gasteiger partial charge in [0.1, 0.15) is 5.67 Å². The largest absolute Gasteiger partial charge is 0.376 e. The highest BCUT2D eigenvalue weighted by molar-refractivity contribution is 5.49. The number of hydrogen-bond acceptors (Lipinski definition) is 1. The zero-order chi connectivity index (χ0) is 13.8. The predicted molar refractivity (Wildman–Crippen MR) is 75.2 cm³/mol. The van der Waals surface area contributed by atoms with Crippen LogP contribution in [0.1, 0.15) is 56.7 Å². The fourth-order valence-electron chi connectivity index (χ4n) is 3.58. The number of hydrogen-bond donors (Lipinski definition) is 0. The van der Waals surface area contributed by atoms with Gasteiger partial charge in [-0.25, -0.2) is 4.39 Å². The van der Waals surface area contributed by atoms with Gasteiger partial charge in [-0.05, 0) is 34.9 Å². The summed E-state index contributed by atoms with van der Waals surface area (Å²) < 4.78 is 20.8. The first-order valence-electron chi connectivity index (χ1n) is 7.31. The molecule has 19 heavy (non-hydrogen) atoms. The van der Waals surface area contributed by atoms with Crippen LogP contribution < -0.4 is 0 Å². The Bertz CT molecular complexity index is 508. The topological polar surface area (TPSA) is 9.23 Å². The third-order valence-corrected chi connectivity index (χ3v) is 5.07. The maximum atomic E-state index is 15.1. The fourth-order valence-corrected chi connectivity index (χ4v) is 3.58. The zero-order valence-corrected chi connectivity index (χ0v) is 12.3. The summed E-state index contributed by atoms with van der Waals surface area (Å²) in [7, 11) is 0. The third-order valence-electron chi connectivity index (χ3n) is 5.07. The Balaban J connectivity index is 2.08. The Kier molecular flexibility index (Phi) is 2.79. The van der Waals surface area contributed by atoms with Crippen LogP contribution in [-0.2, 0) is 16.8 Å². The molecule has 2 aliphatic rings. The maximum Gasteiger partial charge on any atom is 0.126 e. The van der Waals surface area contributed by atoms with E-state index in [9.17, 15) is 0 Å². The van der Waals surface area contributed by atoms with Gasteiger partial charge in [-0.2, -0.15) is 0 Å². The number of ether oxygens (including phenoxy) is 1. The van der Waals surface area contributed by atoms with Crippen LogP contribution in [0, 0.1) is 5.92 Å². The van der Waals surface area contributed by atoms with Gasteiger partial charge in [0.15, 0.2) is 0 Å². The molecule has 2 unspecified atom stereocenters. The van der Waals surface area contributed by atoms with Crippen molar-refractivity contribution in [2.24, 2.45) is 5.92 Å². The van der Waals surface area contributed by atoms with Gasteiger partial charge >= 0.3 is 0 Å². The van der Waals surface area contributed by atoms with Gasteiger partial charge in [0.25, 0.3) is 0 Å². The lowest BCUT2D eigenvalue weighted by molar-refractivity contribution is 0.0536. The van der Waals surface area contributed by atoms with E-state index in [4.69, 9.17) is 4.74 Å². The summed E-state index contributed by atoms with van der Waals surface area (Å²) in [6.07, 6.45) is 0.617. The van der Waals surface area contributed by atoms with E-state index >= 15 is 4.39 Å². The van der Waals surface area contributed by atoms with Crippen LogP contribution in [0.2, 0.25) is 0 Å². The van der Waals surface area contributed by atoms with Gasteiger partial charge in [0, 0.05) is 0 Å². The van der Waals surface area contributed by atoms with Crippen LogP contribution >= 0.6 is 0 Å². The highest BCUT2D eigenvalue weighted by atomic mass is 19.1. The molecule has 1 saturated carbocycles. The van der Waals surface area contributed by atoms with E-state index in [1.165, 1.54) is 16.7 Å². The summed E-state index contributed by atoms with van der Waals surface area (Å²) in [5.74, 6) is 0.529. The SMILES string of the molecule is CC(C)c1ccc2c(c1)C1(COC2)CC1(F)C(C)C. The van der Waals surface area contributed by atoms with Crippen molar-refractivity contribution >= 4 is 0 Å². The van der Waals surface area contributed by atoms with Gasteiger partial charge in [-0.15, -0.1) is 0 Å². The average Bonchev–Trinajstić information content (AvgIpc) is 2.97. The van der Waals surface area contributed by atoms with Crippen molar-refractivity contribution in [1.82, 2.24) is 0 Å². The molecular weight excluding hydrogens is 239 g/mol. The molecule has 2 atom stereocenters. The first-order valence-corrected chi connectivity index (χ1v) is 7.31. The number of fused-ring (bicyclic) bond motifs is 2. The van der Waals surface area contributed by atoms with Crippen molar-refractivity contribution in [1.29, 1.82) is 0 Å². The summed E-state index contributed by atoms with van der Waals surface area (Å²) >= 11 is 0. The lowest BCUT2D eigenvalue weighted by Gasteiger charge is -2.30. The van der Waals surface area contributed by atoms with Crippen LogP contribution in [0.25, 0.3) is 0 Å². The highest BCUT2D eigenvalue weighted by Gasteiger charge is 2.72. The molecule has 2 heteroatoms. The second kappa shape index (κ2) is 4.05. The molecule has 1 aliphatic carbocycles. The molecule has 0 saturated heterocycles. The van der Waals surface area contributed by atoms with Crippen LogP contribution in [0.4, 0.5) is 4.39 Å². The van der Waals surface area contributed by atoms with Crippen molar-refractivity contribution in [3.63, 3.8) is 0 Å². The molecule has 1 aromatic carbocycles. The first kappa shape index (κ1) is 13.1. The minimum absolute atomic E-state index is 0.0461. The lowest BCUT2D eigenvalue weighted by Crippen LogP contribution is -2.33. The molecule has 0 N–H and O–H groups in total. The summed E-state index contributed by atoms with van der Waals surface area (Å²) in [5, 5.41) is 0. The van der Waals surface area contributed by atoms with E-state index in [0.29, 0.717) is 25.6 Å². The first-order chi connectivity index (χ1) is 8.91. The molecule has 3 rings (SSSR count). The molecule has 1 heterocycles. The number of benzene rings is 1. The average molecular weight is 262 g/mol. The van der Waals surface area contributed by atoms with Crippen LogP contribution in [-0.4, -0.2) is 12.3 Å². The van der Waals surface area contributed by atoms with Crippen molar-refractivity contribution in [3.8, 4) is 0 Å². The molecule has 1 aromatic rings. The molecule has 1 spiro atoms. The van der Waals surface area contributed by atoms with Gasteiger partial charge in [-0.3, -0.25) is 0 Å². The lowest BCUT2D eigenvalue weighted by atomic mass is 9.82. The van der Waals surface area contributed by atoms with E-state index < -0.39 is 5.67 Å². The molecule has 0 bridgehead atoms. The molecule has 0 aromatic heterocycles.